The van der Waals surface area contributed by atoms with Gasteiger partial charge >= 0.3 is 0 Å². The first kappa shape index (κ1) is 16.5. The molecule has 1 aromatic heterocycles. The van der Waals surface area contributed by atoms with Crippen LogP contribution < -0.4 is 14.8 Å². The minimum atomic E-state index is 0.578. The lowest BCUT2D eigenvalue weighted by Gasteiger charge is -2.13. The van der Waals surface area contributed by atoms with Crippen LogP contribution in [0, 0.1) is 0 Å². The quantitative estimate of drug-likeness (QED) is 0.770. The van der Waals surface area contributed by atoms with Gasteiger partial charge in [-0.15, -0.1) is 0 Å². The SMILES string of the molecule is CCCn1nnnc1NCc1cc(OCC)c(OC)cc1Br. The molecule has 0 aliphatic carbocycles. The lowest BCUT2D eigenvalue weighted by atomic mass is 10.2. The molecule has 0 fully saturated rings. The third kappa shape index (κ3) is 3.88. The van der Waals surface area contributed by atoms with E-state index in [9.17, 15) is 0 Å². The van der Waals surface area contributed by atoms with Crippen molar-refractivity contribution in [2.24, 2.45) is 0 Å². The van der Waals surface area contributed by atoms with Gasteiger partial charge in [0.1, 0.15) is 0 Å². The molecule has 1 N–H and O–H groups in total. The average molecular weight is 370 g/mol. The third-order valence-corrected chi connectivity index (χ3v) is 3.77. The summed E-state index contributed by atoms with van der Waals surface area (Å²) in [7, 11) is 1.63. The Bertz CT molecular complexity index is 617. The summed E-state index contributed by atoms with van der Waals surface area (Å²) in [5.74, 6) is 2.08. The fourth-order valence-electron chi connectivity index (χ4n) is 2.01. The Morgan fingerprint density at radius 2 is 2.09 bits per heavy atom. The minimum Gasteiger partial charge on any atom is -0.493 e. The van der Waals surface area contributed by atoms with Crippen LogP contribution in [0.25, 0.3) is 0 Å². The first-order valence-electron chi connectivity index (χ1n) is 7.18. The Balaban J connectivity index is 2.15. The van der Waals surface area contributed by atoms with Gasteiger partial charge < -0.3 is 14.8 Å². The first-order valence-corrected chi connectivity index (χ1v) is 7.98. The second-order valence-electron chi connectivity index (χ2n) is 4.61. The van der Waals surface area contributed by atoms with Gasteiger partial charge in [-0.2, -0.15) is 0 Å². The zero-order chi connectivity index (χ0) is 15.9. The number of benzene rings is 1. The van der Waals surface area contributed by atoms with E-state index in [-0.39, 0.29) is 0 Å². The summed E-state index contributed by atoms with van der Waals surface area (Å²) < 4.78 is 13.6. The maximum absolute atomic E-state index is 5.60. The number of nitrogens with one attached hydrogen (secondary N) is 1. The molecule has 0 spiro atoms. The van der Waals surface area contributed by atoms with E-state index in [1.54, 1.807) is 11.8 Å². The van der Waals surface area contributed by atoms with Crippen LogP contribution >= 0.6 is 15.9 Å². The summed E-state index contributed by atoms with van der Waals surface area (Å²) in [4.78, 5) is 0. The zero-order valence-corrected chi connectivity index (χ0v) is 14.6. The van der Waals surface area contributed by atoms with Gasteiger partial charge in [-0.1, -0.05) is 28.0 Å². The zero-order valence-electron chi connectivity index (χ0n) is 13.0. The van der Waals surface area contributed by atoms with Gasteiger partial charge in [0.25, 0.3) is 0 Å². The number of hydrogen-bond acceptors (Lipinski definition) is 6. The number of ether oxygens (including phenoxy) is 2. The highest BCUT2D eigenvalue weighted by Gasteiger charge is 2.11. The number of aromatic nitrogens is 4. The average Bonchev–Trinajstić information content (AvgIpc) is 2.95. The second-order valence-corrected chi connectivity index (χ2v) is 5.46. The Morgan fingerprint density at radius 1 is 1.27 bits per heavy atom. The highest BCUT2D eigenvalue weighted by Crippen LogP contribution is 2.33. The van der Waals surface area contributed by atoms with E-state index in [4.69, 9.17) is 9.47 Å². The van der Waals surface area contributed by atoms with Crippen LogP contribution in [0.5, 0.6) is 11.5 Å². The van der Waals surface area contributed by atoms with Gasteiger partial charge in [-0.25, -0.2) is 4.68 Å². The van der Waals surface area contributed by atoms with Crippen molar-refractivity contribution in [2.45, 2.75) is 33.4 Å². The molecule has 1 aromatic carbocycles. The molecule has 0 aliphatic heterocycles. The largest absolute Gasteiger partial charge is 0.493 e. The number of methoxy groups -OCH3 is 1. The lowest BCUT2D eigenvalue weighted by molar-refractivity contribution is 0.310. The summed E-state index contributed by atoms with van der Waals surface area (Å²) >= 11 is 3.55. The van der Waals surface area contributed by atoms with Crippen LogP contribution in [0.15, 0.2) is 16.6 Å². The van der Waals surface area contributed by atoms with E-state index in [1.165, 1.54) is 0 Å². The normalized spacial score (nSPS) is 10.5. The van der Waals surface area contributed by atoms with Gasteiger partial charge in [0, 0.05) is 17.6 Å². The Labute approximate surface area is 138 Å². The van der Waals surface area contributed by atoms with E-state index in [0.717, 1.165) is 28.8 Å². The topological polar surface area (TPSA) is 74.1 Å². The van der Waals surface area contributed by atoms with E-state index < -0.39 is 0 Å². The van der Waals surface area contributed by atoms with Crippen LogP contribution in [-0.2, 0) is 13.1 Å². The molecule has 2 rings (SSSR count). The van der Waals surface area contributed by atoms with Crippen LogP contribution in [0.2, 0.25) is 0 Å². The Morgan fingerprint density at radius 3 is 2.77 bits per heavy atom. The van der Waals surface area contributed by atoms with E-state index in [2.05, 4.69) is 43.7 Å². The molecule has 0 unspecified atom stereocenters. The Kier molecular flexibility index (Phi) is 6.00. The van der Waals surface area contributed by atoms with Crippen molar-refractivity contribution in [1.82, 2.24) is 20.2 Å². The summed E-state index contributed by atoms with van der Waals surface area (Å²) in [6.07, 6.45) is 0.973. The van der Waals surface area contributed by atoms with Crippen LogP contribution in [0.4, 0.5) is 5.95 Å². The fourth-order valence-corrected chi connectivity index (χ4v) is 2.47. The van der Waals surface area contributed by atoms with Gasteiger partial charge in [-0.05, 0) is 41.5 Å². The summed E-state index contributed by atoms with van der Waals surface area (Å²) in [6.45, 7) is 5.97. The number of halogens is 1. The third-order valence-electron chi connectivity index (χ3n) is 3.04. The van der Waals surface area contributed by atoms with E-state index in [1.807, 2.05) is 19.1 Å². The summed E-state index contributed by atoms with van der Waals surface area (Å²) in [5.41, 5.74) is 1.04. The van der Waals surface area contributed by atoms with Gasteiger partial charge in [0.05, 0.1) is 13.7 Å². The molecule has 0 aliphatic rings. The second kappa shape index (κ2) is 7.98. The van der Waals surface area contributed by atoms with Crippen LogP contribution in [0.1, 0.15) is 25.8 Å². The molecule has 0 radical (unpaired) electrons. The molecular formula is C14H20BrN5O2. The molecule has 0 bridgehead atoms. The summed E-state index contributed by atoms with van der Waals surface area (Å²) in [5, 5.41) is 14.9. The maximum Gasteiger partial charge on any atom is 0.243 e. The molecule has 8 heteroatoms. The minimum absolute atomic E-state index is 0.578. The molecule has 1 heterocycles. The number of anilines is 1. The lowest BCUT2D eigenvalue weighted by Crippen LogP contribution is -2.09. The van der Waals surface area contributed by atoms with Gasteiger partial charge in [0.15, 0.2) is 11.5 Å². The van der Waals surface area contributed by atoms with Crippen molar-refractivity contribution in [3.63, 3.8) is 0 Å². The van der Waals surface area contributed by atoms with Crippen molar-refractivity contribution >= 4 is 21.9 Å². The van der Waals surface area contributed by atoms with Crippen molar-refractivity contribution in [2.75, 3.05) is 19.0 Å². The molecular weight excluding hydrogens is 350 g/mol. The monoisotopic (exact) mass is 369 g/mol. The molecule has 7 nitrogen and oxygen atoms in total. The molecule has 0 saturated heterocycles. The number of tetrazole rings is 1. The smallest absolute Gasteiger partial charge is 0.243 e. The molecule has 0 amide bonds. The molecule has 0 atom stereocenters. The van der Waals surface area contributed by atoms with Crippen molar-refractivity contribution in [3.8, 4) is 11.5 Å². The van der Waals surface area contributed by atoms with Crippen LogP contribution in [0.3, 0.4) is 0 Å². The van der Waals surface area contributed by atoms with E-state index in [0.29, 0.717) is 24.8 Å². The van der Waals surface area contributed by atoms with Crippen molar-refractivity contribution < 1.29 is 9.47 Å². The predicted molar refractivity (Wildman–Crippen MR) is 87.3 cm³/mol. The maximum atomic E-state index is 5.60. The Hall–Kier alpha value is -1.83. The van der Waals surface area contributed by atoms with Crippen LogP contribution in [-0.4, -0.2) is 33.9 Å². The first-order chi connectivity index (χ1) is 10.7. The number of aryl methyl sites for hydroxylation is 1. The highest BCUT2D eigenvalue weighted by atomic mass is 79.9. The standard InChI is InChI=1S/C14H20BrN5O2/c1-4-6-20-14(17-18-19-20)16-9-10-7-13(22-5-2)12(21-3)8-11(10)15/h7-8H,4-6,9H2,1-3H3,(H,16,17,19). The van der Waals surface area contributed by atoms with E-state index >= 15 is 0 Å². The summed E-state index contributed by atoms with van der Waals surface area (Å²) in [6, 6.07) is 3.85. The number of rotatable bonds is 8. The predicted octanol–water partition coefficient (Wildman–Crippen LogP) is 2.87. The van der Waals surface area contributed by atoms with Gasteiger partial charge in [-0.3, -0.25) is 0 Å². The molecule has 2 aromatic rings. The molecule has 120 valence electrons. The highest BCUT2D eigenvalue weighted by molar-refractivity contribution is 9.10. The number of hydrogen-bond donors (Lipinski definition) is 1. The fraction of sp³-hybridized carbons (Fsp3) is 0.500. The van der Waals surface area contributed by atoms with Crippen molar-refractivity contribution in [1.29, 1.82) is 0 Å². The van der Waals surface area contributed by atoms with Crippen molar-refractivity contribution in [3.05, 3.63) is 22.2 Å². The molecule has 22 heavy (non-hydrogen) atoms. The molecule has 0 saturated carbocycles. The number of nitrogens with zero attached hydrogens (tertiary/aromatic N) is 4. The van der Waals surface area contributed by atoms with Gasteiger partial charge in [0.2, 0.25) is 5.95 Å².